The van der Waals surface area contributed by atoms with Crippen LogP contribution >= 0.6 is 0 Å². The lowest BCUT2D eigenvalue weighted by Gasteiger charge is -2.16. The average Bonchev–Trinajstić information content (AvgIpc) is 2.75. The number of benzene rings is 1. The molecule has 1 fully saturated rings. The predicted octanol–water partition coefficient (Wildman–Crippen LogP) is 3.18. The Morgan fingerprint density at radius 3 is 2.35 bits per heavy atom. The Bertz CT molecular complexity index is 572. The normalized spacial score (nSPS) is 20.6. The summed E-state index contributed by atoms with van der Waals surface area (Å²) in [6.07, 6.45) is 9.94. The zero-order valence-electron chi connectivity index (χ0n) is 11.9. The molecule has 0 radical (unpaired) electrons. The standard InChI is InChI=1S/C16H23NO2S/c18-20(19,17-15-8-3-1-2-4-9-15)16-11-10-13-6-5-7-14(13)12-16/h10-12,15,17H,1-9H2. The van der Waals surface area contributed by atoms with Crippen LogP contribution in [0.15, 0.2) is 23.1 Å². The van der Waals surface area contributed by atoms with Gasteiger partial charge in [-0.2, -0.15) is 0 Å². The molecule has 1 aromatic carbocycles. The second-order valence-electron chi connectivity index (χ2n) is 6.09. The van der Waals surface area contributed by atoms with Crippen molar-refractivity contribution < 1.29 is 8.42 Å². The van der Waals surface area contributed by atoms with Gasteiger partial charge in [0.1, 0.15) is 0 Å². The van der Waals surface area contributed by atoms with E-state index in [0.29, 0.717) is 4.90 Å². The molecule has 1 N–H and O–H groups in total. The van der Waals surface area contributed by atoms with Crippen LogP contribution in [0.2, 0.25) is 0 Å². The van der Waals surface area contributed by atoms with Crippen LogP contribution in [0, 0.1) is 0 Å². The van der Waals surface area contributed by atoms with Crippen molar-refractivity contribution in [2.24, 2.45) is 0 Å². The van der Waals surface area contributed by atoms with E-state index in [9.17, 15) is 8.42 Å². The summed E-state index contributed by atoms with van der Waals surface area (Å²) < 4.78 is 27.9. The van der Waals surface area contributed by atoms with Crippen LogP contribution in [-0.2, 0) is 22.9 Å². The first-order chi connectivity index (χ1) is 9.65. The van der Waals surface area contributed by atoms with Gasteiger partial charge in [0.15, 0.2) is 0 Å². The first kappa shape index (κ1) is 14.1. The van der Waals surface area contributed by atoms with Crippen molar-refractivity contribution in [1.29, 1.82) is 0 Å². The van der Waals surface area contributed by atoms with Crippen LogP contribution in [0.4, 0.5) is 0 Å². The summed E-state index contributed by atoms with van der Waals surface area (Å²) in [7, 11) is -3.35. The van der Waals surface area contributed by atoms with Crippen LogP contribution in [-0.4, -0.2) is 14.5 Å². The molecular weight excluding hydrogens is 270 g/mol. The van der Waals surface area contributed by atoms with E-state index in [-0.39, 0.29) is 6.04 Å². The molecule has 0 heterocycles. The fourth-order valence-corrected chi connectivity index (χ4v) is 4.76. The highest BCUT2D eigenvalue weighted by atomic mass is 32.2. The van der Waals surface area contributed by atoms with Crippen molar-refractivity contribution >= 4 is 10.0 Å². The molecule has 0 bridgehead atoms. The summed E-state index contributed by atoms with van der Waals surface area (Å²) in [6, 6.07) is 5.75. The Labute approximate surface area is 121 Å². The number of rotatable bonds is 3. The number of fused-ring (bicyclic) bond motifs is 1. The van der Waals surface area contributed by atoms with Crippen LogP contribution in [0.25, 0.3) is 0 Å². The van der Waals surface area contributed by atoms with E-state index in [1.54, 1.807) is 6.07 Å². The molecule has 2 aliphatic rings. The molecule has 0 unspecified atom stereocenters. The van der Waals surface area contributed by atoms with Crippen LogP contribution in [0.1, 0.15) is 56.1 Å². The molecule has 0 aromatic heterocycles. The summed E-state index contributed by atoms with van der Waals surface area (Å²) in [6.45, 7) is 0. The summed E-state index contributed by atoms with van der Waals surface area (Å²) in [4.78, 5) is 0.447. The van der Waals surface area contributed by atoms with Crippen molar-refractivity contribution in [3.63, 3.8) is 0 Å². The van der Waals surface area contributed by atoms with Gasteiger partial charge in [-0.1, -0.05) is 31.7 Å². The fourth-order valence-electron chi connectivity index (χ4n) is 3.40. The Morgan fingerprint density at radius 1 is 0.900 bits per heavy atom. The van der Waals surface area contributed by atoms with Crippen molar-refractivity contribution in [2.45, 2.75) is 68.7 Å². The molecular formula is C16H23NO2S. The van der Waals surface area contributed by atoms with Gasteiger partial charge in [-0.15, -0.1) is 0 Å². The maximum atomic E-state index is 12.5. The molecule has 0 atom stereocenters. The summed E-state index contributed by atoms with van der Waals surface area (Å²) >= 11 is 0. The first-order valence-corrected chi connectivity index (χ1v) is 9.28. The van der Waals surface area contributed by atoms with Crippen LogP contribution in [0.5, 0.6) is 0 Å². The molecule has 1 aromatic rings. The minimum absolute atomic E-state index is 0.121. The van der Waals surface area contributed by atoms with Gasteiger partial charge >= 0.3 is 0 Å². The van der Waals surface area contributed by atoms with Gasteiger partial charge in [0.05, 0.1) is 4.90 Å². The topological polar surface area (TPSA) is 46.2 Å². The second-order valence-corrected chi connectivity index (χ2v) is 7.81. The predicted molar refractivity (Wildman–Crippen MR) is 80.3 cm³/mol. The molecule has 4 heteroatoms. The van der Waals surface area contributed by atoms with Gasteiger partial charge in [0, 0.05) is 6.04 Å². The quantitative estimate of drug-likeness (QED) is 0.870. The maximum Gasteiger partial charge on any atom is 0.240 e. The van der Waals surface area contributed by atoms with E-state index in [1.165, 1.54) is 24.0 Å². The molecule has 20 heavy (non-hydrogen) atoms. The summed E-state index contributed by atoms with van der Waals surface area (Å²) in [5.41, 5.74) is 2.53. The first-order valence-electron chi connectivity index (χ1n) is 7.79. The average molecular weight is 293 g/mol. The van der Waals surface area contributed by atoms with E-state index >= 15 is 0 Å². The lowest BCUT2D eigenvalue weighted by Crippen LogP contribution is -2.34. The SMILES string of the molecule is O=S(=O)(NC1CCCCCC1)c1ccc2c(c1)CCC2. The second kappa shape index (κ2) is 5.86. The molecule has 3 nitrogen and oxygen atoms in total. The van der Waals surface area contributed by atoms with Crippen LogP contribution < -0.4 is 4.72 Å². The smallest absolute Gasteiger partial charge is 0.208 e. The fraction of sp³-hybridized carbons (Fsp3) is 0.625. The Kier molecular flexibility index (Phi) is 4.13. The number of nitrogens with one attached hydrogen (secondary N) is 1. The van der Waals surface area contributed by atoms with E-state index in [2.05, 4.69) is 4.72 Å². The highest BCUT2D eigenvalue weighted by molar-refractivity contribution is 7.89. The van der Waals surface area contributed by atoms with E-state index < -0.39 is 10.0 Å². The molecule has 1 saturated carbocycles. The van der Waals surface area contributed by atoms with Crippen molar-refractivity contribution in [1.82, 2.24) is 4.72 Å². The molecule has 3 rings (SSSR count). The van der Waals surface area contributed by atoms with Crippen LogP contribution in [0.3, 0.4) is 0 Å². The molecule has 0 spiro atoms. The molecule has 0 saturated heterocycles. The third kappa shape index (κ3) is 3.07. The van der Waals surface area contributed by atoms with Crippen molar-refractivity contribution in [3.8, 4) is 0 Å². The molecule has 0 aliphatic heterocycles. The van der Waals surface area contributed by atoms with Gasteiger partial charge in [-0.3, -0.25) is 0 Å². The van der Waals surface area contributed by atoms with Crippen molar-refractivity contribution in [2.75, 3.05) is 0 Å². The minimum atomic E-state index is -3.35. The maximum absolute atomic E-state index is 12.5. The Hall–Kier alpha value is -0.870. The molecule has 2 aliphatic carbocycles. The van der Waals surface area contributed by atoms with E-state index in [0.717, 1.165) is 44.9 Å². The minimum Gasteiger partial charge on any atom is -0.208 e. The van der Waals surface area contributed by atoms with Gasteiger partial charge < -0.3 is 0 Å². The largest absolute Gasteiger partial charge is 0.240 e. The van der Waals surface area contributed by atoms with Gasteiger partial charge in [0.2, 0.25) is 10.0 Å². The molecule has 0 amide bonds. The summed E-state index contributed by atoms with van der Waals surface area (Å²) in [5.74, 6) is 0. The third-order valence-electron chi connectivity index (χ3n) is 4.56. The lowest BCUT2D eigenvalue weighted by molar-refractivity contribution is 0.510. The third-order valence-corrected chi connectivity index (χ3v) is 6.08. The number of sulfonamides is 1. The number of hydrogen-bond acceptors (Lipinski definition) is 2. The Balaban J connectivity index is 1.77. The lowest BCUT2D eigenvalue weighted by atomic mass is 10.1. The molecule has 110 valence electrons. The van der Waals surface area contributed by atoms with E-state index in [1.807, 2.05) is 12.1 Å². The Morgan fingerprint density at radius 2 is 1.60 bits per heavy atom. The monoisotopic (exact) mass is 293 g/mol. The van der Waals surface area contributed by atoms with E-state index in [4.69, 9.17) is 0 Å². The number of aryl methyl sites for hydroxylation is 2. The zero-order chi connectivity index (χ0) is 14.0. The van der Waals surface area contributed by atoms with Gasteiger partial charge in [-0.25, -0.2) is 13.1 Å². The highest BCUT2D eigenvalue weighted by Gasteiger charge is 2.22. The zero-order valence-corrected chi connectivity index (χ0v) is 12.7. The highest BCUT2D eigenvalue weighted by Crippen LogP contribution is 2.25. The van der Waals surface area contributed by atoms with Gasteiger partial charge in [0.25, 0.3) is 0 Å². The van der Waals surface area contributed by atoms with Gasteiger partial charge in [-0.05, 0) is 55.4 Å². The number of hydrogen-bond donors (Lipinski definition) is 1. The van der Waals surface area contributed by atoms with Crippen molar-refractivity contribution in [3.05, 3.63) is 29.3 Å². The summed E-state index contributed by atoms with van der Waals surface area (Å²) in [5, 5.41) is 0.